The zero-order valence-electron chi connectivity index (χ0n) is 6.95. The van der Waals surface area contributed by atoms with E-state index in [1.165, 1.54) is 0 Å². The Morgan fingerprint density at radius 1 is 1.46 bits per heavy atom. The molecule has 66 valence electrons. The Morgan fingerprint density at radius 3 is 3.08 bits per heavy atom. The third-order valence-electron chi connectivity index (χ3n) is 2.08. The fourth-order valence-electron chi connectivity index (χ4n) is 1.41. The molecule has 0 spiro atoms. The fourth-order valence-corrected chi connectivity index (χ4v) is 1.41. The summed E-state index contributed by atoms with van der Waals surface area (Å²) in [5, 5.41) is 0. The molecule has 0 bridgehead atoms. The van der Waals surface area contributed by atoms with E-state index in [-0.39, 0.29) is 0 Å². The van der Waals surface area contributed by atoms with Gasteiger partial charge in [0.1, 0.15) is 5.75 Å². The molecular weight excluding hydrogens is 168 g/mol. The van der Waals surface area contributed by atoms with Gasteiger partial charge >= 0.3 is 0 Å². The molecule has 1 aliphatic heterocycles. The first-order valence-corrected chi connectivity index (χ1v) is 4.06. The van der Waals surface area contributed by atoms with Gasteiger partial charge in [0.2, 0.25) is 5.78 Å². The molecule has 0 radical (unpaired) electrons. The van der Waals surface area contributed by atoms with Gasteiger partial charge in [-0.25, -0.2) is 0 Å². The number of ether oxygens (including phenoxy) is 1. The summed E-state index contributed by atoms with van der Waals surface area (Å²) in [5.41, 5.74) is 1.45. The number of Topliss-reactive ketones (excluding diaryl/α,β-unsaturated/α-hetero) is 1. The van der Waals surface area contributed by atoms with Crippen LogP contribution in [-0.4, -0.2) is 18.7 Å². The molecule has 0 saturated carbocycles. The van der Waals surface area contributed by atoms with Crippen LogP contribution in [0.25, 0.3) is 0 Å². The normalized spacial score (nSPS) is 13.2. The molecule has 1 aliphatic rings. The minimum atomic E-state index is -0.477. The summed E-state index contributed by atoms with van der Waals surface area (Å²) in [6.07, 6.45) is 1.15. The molecular formula is C10H8O3. The Balaban J connectivity index is 2.41. The zero-order valence-corrected chi connectivity index (χ0v) is 6.95. The highest BCUT2D eigenvalue weighted by Crippen LogP contribution is 2.25. The quantitative estimate of drug-likeness (QED) is 0.383. The van der Waals surface area contributed by atoms with Crippen LogP contribution >= 0.6 is 0 Å². The molecule has 1 aromatic rings. The molecule has 3 heteroatoms. The average Bonchev–Trinajstić information content (AvgIpc) is 2.63. The molecule has 2 rings (SSSR count). The van der Waals surface area contributed by atoms with Crippen molar-refractivity contribution in [2.24, 2.45) is 0 Å². The van der Waals surface area contributed by atoms with Crippen molar-refractivity contribution in [3.8, 4) is 5.75 Å². The van der Waals surface area contributed by atoms with Crippen molar-refractivity contribution in [1.82, 2.24) is 0 Å². The minimum Gasteiger partial charge on any atom is -0.493 e. The highest BCUT2D eigenvalue weighted by Gasteiger charge is 2.14. The van der Waals surface area contributed by atoms with Crippen molar-refractivity contribution < 1.29 is 14.3 Å². The van der Waals surface area contributed by atoms with Gasteiger partial charge < -0.3 is 4.74 Å². The van der Waals surface area contributed by atoms with Gasteiger partial charge in [-0.15, -0.1) is 0 Å². The number of benzene rings is 1. The smallest absolute Gasteiger partial charge is 0.225 e. The lowest BCUT2D eigenvalue weighted by Gasteiger charge is -1.99. The number of carbonyl (C=O) groups is 2. The first kappa shape index (κ1) is 7.98. The summed E-state index contributed by atoms with van der Waals surface area (Å²) < 4.78 is 5.27. The molecule has 13 heavy (non-hydrogen) atoms. The summed E-state index contributed by atoms with van der Waals surface area (Å²) in [6.45, 7) is 0.661. The maximum atomic E-state index is 11.0. The molecule has 0 amide bonds. The summed E-state index contributed by atoms with van der Waals surface area (Å²) in [4.78, 5) is 21.2. The van der Waals surface area contributed by atoms with Crippen LogP contribution in [0, 0.1) is 0 Å². The third kappa shape index (κ3) is 1.33. The molecule has 3 nitrogen and oxygen atoms in total. The first-order valence-electron chi connectivity index (χ1n) is 4.06. The molecule has 0 aliphatic carbocycles. The van der Waals surface area contributed by atoms with E-state index in [4.69, 9.17) is 4.74 Å². The number of hydrogen-bond acceptors (Lipinski definition) is 3. The molecule has 0 fully saturated rings. The molecule has 0 aromatic heterocycles. The average molecular weight is 176 g/mol. The Labute approximate surface area is 75.3 Å². The second-order valence-electron chi connectivity index (χ2n) is 2.90. The van der Waals surface area contributed by atoms with E-state index in [2.05, 4.69) is 0 Å². The predicted molar refractivity (Wildman–Crippen MR) is 46.0 cm³/mol. The van der Waals surface area contributed by atoms with Crippen molar-refractivity contribution >= 4 is 12.1 Å². The summed E-state index contributed by atoms with van der Waals surface area (Å²) in [5.74, 6) is 0.345. The standard InChI is InChI=1S/C10H8O3/c11-6-9(12)7-1-2-10-8(5-7)3-4-13-10/h1-2,5-6H,3-4H2. The van der Waals surface area contributed by atoms with Crippen molar-refractivity contribution in [3.63, 3.8) is 0 Å². The number of aldehydes is 1. The largest absolute Gasteiger partial charge is 0.493 e. The summed E-state index contributed by atoms with van der Waals surface area (Å²) in [6, 6.07) is 5.07. The van der Waals surface area contributed by atoms with Crippen molar-refractivity contribution in [3.05, 3.63) is 29.3 Å². The Hall–Kier alpha value is -1.64. The van der Waals surface area contributed by atoms with Crippen LogP contribution in [-0.2, 0) is 11.2 Å². The van der Waals surface area contributed by atoms with Gasteiger partial charge in [0.15, 0.2) is 6.29 Å². The van der Waals surface area contributed by atoms with Gasteiger partial charge in [-0.1, -0.05) is 0 Å². The topological polar surface area (TPSA) is 43.4 Å². The lowest BCUT2D eigenvalue weighted by molar-refractivity contribution is -0.104. The molecule has 0 unspecified atom stereocenters. The number of hydrogen-bond donors (Lipinski definition) is 0. The van der Waals surface area contributed by atoms with Crippen LogP contribution < -0.4 is 4.74 Å². The van der Waals surface area contributed by atoms with E-state index in [9.17, 15) is 9.59 Å². The van der Waals surface area contributed by atoms with Gasteiger partial charge in [0.25, 0.3) is 0 Å². The van der Waals surface area contributed by atoms with E-state index >= 15 is 0 Å². The van der Waals surface area contributed by atoms with E-state index in [1.54, 1.807) is 18.2 Å². The van der Waals surface area contributed by atoms with Crippen LogP contribution in [0.2, 0.25) is 0 Å². The summed E-state index contributed by atoms with van der Waals surface area (Å²) in [7, 11) is 0. The van der Waals surface area contributed by atoms with Crippen LogP contribution in [0.1, 0.15) is 15.9 Å². The number of fused-ring (bicyclic) bond motifs is 1. The van der Waals surface area contributed by atoms with Crippen LogP contribution in [0.4, 0.5) is 0 Å². The lowest BCUT2D eigenvalue weighted by atomic mass is 10.1. The second-order valence-corrected chi connectivity index (χ2v) is 2.90. The van der Waals surface area contributed by atoms with Crippen molar-refractivity contribution in [1.29, 1.82) is 0 Å². The van der Waals surface area contributed by atoms with E-state index in [1.807, 2.05) is 0 Å². The molecule has 1 heterocycles. The van der Waals surface area contributed by atoms with Crippen molar-refractivity contribution in [2.75, 3.05) is 6.61 Å². The molecule has 0 saturated heterocycles. The maximum Gasteiger partial charge on any atom is 0.225 e. The zero-order chi connectivity index (χ0) is 9.26. The first-order chi connectivity index (χ1) is 6.31. The Morgan fingerprint density at radius 2 is 2.31 bits per heavy atom. The van der Waals surface area contributed by atoms with Crippen molar-refractivity contribution in [2.45, 2.75) is 6.42 Å². The summed E-state index contributed by atoms with van der Waals surface area (Å²) >= 11 is 0. The number of rotatable bonds is 2. The highest BCUT2D eigenvalue weighted by atomic mass is 16.5. The van der Waals surface area contributed by atoms with E-state index < -0.39 is 5.78 Å². The van der Waals surface area contributed by atoms with Gasteiger partial charge in [-0.3, -0.25) is 9.59 Å². The van der Waals surface area contributed by atoms with Gasteiger partial charge in [-0.05, 0) is 23.8 Å². The van der Waals surface area contributed by atoms with Gasteiger partial charge in [0.05, 0.1) is 6.61 Å². The Kier molecular flexibility index (Phi) is 1.85. The SMILES string of the molecule is O=CC(=O)c1ccc2c(c1)CCO2. The lowest BCUT2D eigenvalue weighted by Crippen LogP contribution is -1.99. The molecule has 1 aromatic carbocycles. The van der Waals surface area contributed by atoms with Crippen LogP contribution in [0.3, 0.4) is 0 Å². The van der Waals surface area contributed by atoms with Gasteiger partial charge in [-0.2, -0.15) is 0 Å². The number of carbonyl (C=O) groups excluding carboxylic acids is 2. The maximum absolute atomic E-state index is 11.0. The molecule has 0 atom stereocenters. The minimum absolute atomic E-state index is 0.331. The van der Waals surface area contributed by atoms with Gasteiger partial charge in [0, 0.05) is 12.0 Å². The highest BCUT2D eigenvalue weighted by molar-refractivity contribution is 6.33. The van der Waals surface area contributed by atoms with Crippen LogP contribution in [0.5, 0.6) is 5.75 Å². The monoisotopic (exact) mass is 176 g/mol. The van der Waals surface area contributed by atoms with E-state index in [0.29, 0.717) is 18.5 Å². The Bertz CT molecular complexity index is 368. The number of ketones is 1. The predicted octanol–water partition coefficient (Wildman–Crippen LogP) is 1.00. The third-order valence-corrected chi connectivity index (χ3v) is 2.08. The fraction of sp³-hybridized carbons (Fsp3) is 0.200. The van der Waals surface area contributed by atoms with Crippen LogP contribution in [0.15, 0.2) is 18.2 Å². The van der Waals surface area contributed by atoms with E-state index in [0.717, 1.165) is 17.7 Å². The second kappa shape index (κ2) is 3.01. The molecule has 0 N–H and O–H groups in total.